The monoisotopic (exact) mass is 381 g/mol. The predicted molar refractivity (Wildman–Crippen MR) is 111 cm³/mol. The molecule has 1 fully saturated rings. The van der Waals surface area contributed by atoms with Gasteiger partial charge in [0.2, 0.25) is 0 Å². The van der Waals surface area contributed by atoms with E-state index in [0.717, 1.165) is 18.7 Å². The fraction of sp³-hybridized carbons (Fsp3) is 0.522. The Morgan fingerprint density at radius 2 is 2.04 bits per heavy atom. The Balaban J connectivity index is 1.38. The maximum atomic E-state index is 12.9. The van der Waals surface area contributed by atoms with Gasteiger partial charge in [0.25, 0.3) is 5.91 Å². The summed E-state index contributed by atoms with van der Waals surface area (Å²) < 4.78 is 5.26. The van der Waals surface area contributed by atoms with E-state index in [0.29, 0.717) is 25.1 Å². The third kappa shape index (κ3) is 4.31. The Bertz CT molecular complexity index is 749. The molecule has 4 rings (SSSR count). The van der Waals surface area contributed by atoms with Crippen LogP contribution < -0.4 is 0 Å². The quantitative estimate of drug-likeness (QED) is 0.802. The normalized spacial score (nSPS) is 20.2. The molecule has 0 saturated carbocycles. The van der Waals surface area contributed by atoms with Crippen LogP contribution in [0.2, 0.25) is 0 Å². The molecule has 1 saturated heterocycles. The molecule has 1 atom stereocenters. The number of H-pyrrole nitrogens is 1. The van der Waals surface area contributed by atoms with E-state index in [-0.39, 0.29) is 5.91 Å². The zero-order valence-corrected chi connectivity index (χ0v) is 16.8. The van der Waals surface area contributed by atoms with E-state index >= 15 is 0 Å². The summed E-state index contributed by atoms with van der Waals surface area (Å²) in [4.78, 5) is 20.5. The number of nitrogens with one attached hydrogen (secondary N) is 1. The van der Waals surface area contributed by atoms with Crippen molar-refractivity contribution in [2.24, 2.45) is 5.92 Å². The summed E-state index contributed by atoms with van der Waals surface area (Å²) in [6.45, 7) is 4.29. The van der Waals surface area contributed by atoms with Gasteiger partial charge in [0.1, 0.15) is 0 Å². The number of amides is 1. The van der Waals surface area contributed by atoms with Crippen molar-refractivity contribution >= 4 is 5.91 Å². The minimum Gasteiger partial charge on any atom is -0.383 e. The zero-order valence-electron chi connectivity index (χ0n) is 16.8. The molecule has 1 N–H and O–H groups in total. The second-order valence-electron chi connectivity index (χ2n) is 8.18. The molecule has 2 heterocycles. The number of aromatic amines is 1. The molecule has 0 radical (unpaired) electrons. The number of aromatic nitrogens is 1. The van der Waals surface area contributed by atoms with Crippen molar-refractivity contribution in [3.63, 3.8) is 0 Å². The fourth-order valence-corrected chi connectivity index (χ4v) is 4.80. The second-order valence-corrected chi connectivity index (χ2v) is 8.18. The summed E-state index contributed by atoms with van der Waals surface area (Å²) in [5.74, 6) is 0.626. The third-order valence-corrected chi connectivity index (χ3v) is 6.27. The Morgan fingerprint density at radius 3 is 2.71 bits per heavy atom. The average molecular weight is 382 g/mol. The van der Waals surface area contributed by atoms with Crippen LogP contribution in [0.4, 0.5) is 0 Å². The molecule has 1 aromatic carbocycles. The third-order valence-electron chi connectivity index (χ3n) is 6.27. The fourth-order valence-electron chi connectivity index (χ4n) is 4.80. The van der Waals surface area contributed by atoms with Crippen molar-refractivity contribution in [2.75, 3.05) is 39.9 Å². The highest BCUT2D eigenvalue weighted by Crippen LogP contribution is 2.29. The Hall–Kier alpha value is -2.11. The summed E-state index contributed by atoms with van der Waals surface area (Å²) in [5, 5.41) is 0. The van der Waals surface area contributed by atoms with Gasteiger partial charge in [0.05, 0.1) is 12.2 Å². The number of piperidine rings is 1. The van der Waals surface area contributed by atoms with Gasteiger partial charge in [-0.15, -0.1) is 0 Å². The van der Waals surface area contributed by atoms with Crippen LogP contribution in [0.25, 0.3) is 0 Å². The Morgan fingerprint density at radius 1 is 1.25 bits per heavy atom. The number of likely N-dealkylation sites (tertiary alicyclic amines) is 1. The van der Waals surface area contributed by atoms with Crippen LogP contribution in [0, 0.1) is 5.92 Å². The first kappa shape index (κ1) is 19.2. The summed E-state index contributed by atoms with van der Waals surface area (Å²) in [6.07, 6.45) is 8.33. The summed E-state index contributed by atoms with van der Waals surface area (Å²) in [6, 6.07) is 11.3. The van der Waals surface area contributed by atoms with E-state index in [1.54, 1.807) is 13.3 Å². The lowest BCUT2D eigenvalue weighted by atomic mass is 9.95. The maximum Gasteiger partial charge on any atom is 0.255 e. The minimum absolute atomic E-state index is 0.101. The molecule has 2 aromatic rings. The Kier molecular flexibility index (Phi) is 6.13. The van der Waals surface area contributed by atoms with E-state index in [9.17, 15) is 4.79 Å². The van der Waals surface area contributed by atoms with Crippen molar-refractivity contribution < 1.29 is 9.53 Å². The highest BCUT2D eigenvalue weighted by molar-refractivity contribution is 5.94. The van der Waals surface area contributed by atoms with Crippen LogP contribution in [0.5, 0.6) is 0 Å². The SMILES string of the molecule is COCCN(CC1CCCN(C2Cc3ccccc3C2)C1)C(=O)c1cc[nH]c1. The zero-order chi connectivity index (χ0) is 19.3. The molecule has 1 aliphatic carbocycles. The van der Waals surface area contributed by atoms with Gasteiger partial charge in [-0.2, -0.15) is 0 Å². The molecule has 0 bridgehead atoms. The molecule has 1 aromatic heterocycles. The number of nitrogens with zero attached hydrogens (tertiary/aromatic N) is 2. The number of benzene rings is 1. The first-order valence-corrected chi connectivity index (χ1v) is 10.5. The van der Waals surface area contributed by atoms with Gasteiger partial charge in [-0.05, 0) is 55.3 Å². The smallest absolute Gasteiger partial charge is 0.255 e. The second kappa shape index (κ2) is 8.93. The van der Waals surface area contributed by atoms with Crippen LogP contribution in [0.3, 0.4) is 0 Å². The van der Waals surface area contributed by atoms with Crippen LogP contribution in [-0.2, 0) is 17.6 Å². The van der Waals surface area contributed by atoms with E-state index in [2.05, 4.69) is 34.1 Å². The summed E-state index contributed by atoms with van der Waals surface area (Å²) in [5.41, 5.74) is 3.76. The van der Waals surface area contributed by atoms with Crippen molar-refractivity contribution in [1.82, 2.24) is 14.8 Å². The van der Waals surface area contributed by atoms with Gasteiger partial charge < -0.3 is 14.6 Å². The van der Waals surface area contributed by atoms with E-state index in [1.807, 2.05) is 17.2 Å². The lowest BCUT2D eigenvalue weighted by Gasteiger charge is -2.38. The highest BCUT2D eigenvalue weighted by atomic mass is 16.5. The van der Waals surface area contributed by atoms with E-state index < -0.39 is 0 Å². The molecule has 28 heavy (non-hydrogen) atoms. The number of hydrogen-bond acceptors (Lipinski definition) is 3. The number of rotatable bonds is 7. The van der Waals surface area contributed by atoms with Crippen LogP contribution >= 0.6 is 0 Å². The maximum absolute atomic E-state index is 12.9. The van der Waals surface area contributed by atoms with E-state index in [4.69, 9.17) is 4.74 Å². The van der Waals surface area contributed by atoms with Gasteiger partial charge in [-0.3, -0.25) is 9.69 Å². The molecule has 5 heteroatoms. The number of carbonyl (C=O) groups excluding carboxylic acids is 1. The molecule has 2 aliphatic rings. The number of fused-ring (bicyclic) bond motifs is 1. The number of hydrogen-bond donors (Lipinski definition) is 1. The molecule has 1 aliphatic heterocycles. The summed E-state index contributed by atoms with van der Waals surface area (Å²) in [7, 11) is 1.69. The first-order chi connectivity index (χ1) is 13.7. The number of ether oxygens (including phenoxy) is 1. The summed E-state index contributed by atoms with van der Waals surface area (Å²) >= 11 is 0. The lowest BCUT2D eigenvalue weighted by molar-refractivity contribution is 0.0573. The number of methoxy groups -OCH3 is 1. The van der Waals surface area contributed by atoms with Crippen LogP contribution in [-0.4, -0.2) is 66.6 Å². The molecule has 1 amide bonds. The van der Waals surface area contributed by atoms with Gasteiger partial charge in [-0.25, -0.2) is 0 Å². The molecule has 5 nitrogen and oxygen atoms in total. The molecule has 1 unspecified atom stereocenters. The molecule has 0 spiro atoms. The number of carbonyl (C=O) groups is 1. The average Bonchev–Trinajstić information content (AvgIpc) is 3.40. The van der Waals surface area contributed by atoms with Crippen molar-refractivity contribution in [2.45, 2.75) is 31.7 Å². The highest BCUT2D eigenvalue weighted by Gasteiger charge is 2.31. The van der Waals surface area contributed by atoms with Crippen molar-refractivity contribution in [1.29, 1.82) is 0 Å². The topological polar surface area (TPSA) is 48.6 Å². The lowest BCUT2D eigenvalue weighted by Crippen LogP contribution is -2.47. The van der Waals surface area contributed by atoms with Gasteiger partial charge >= 0.3 is 0 Å². The first-order valence-electron chi connectivity index (χ1n) is 10.5. The largest absolute Gasteiger partial charge is 0.383 e. The standard InChI is InChI=1S/C23H31N3O2/c1-28-12-11-26(23(27)21-8-9-24-15-21)17-18-5-4-10-25(16-18)22-13-19-6-2-3-7-20(19)14-22/h2-3,6-9,15,18,22,24H,4-5,10-14,16-17H2,1H3. The van der Waals surface area contributed by atoms with Crippen molar-refractivity contribution in [3.8, 4) is 0 Å². The van der Waals surface area contributed by atoms with Gasteiger partial charge in [0.15, 0.2) is 0 Å². The van der Waals surface area contributed by atoms with Crippen molar-refractivity contribution in [3.05, 3.63) is 59.4 Å². The Labute approximate surface area is 167 Å². The van der Waals surface area contributed by atoms with Gasteiger partial charge in [-0.1, -0.05) is 24.3 Å². The molecule has 150 valence electrons. The van der Waals surface area contributed by atoms with Gasteiger partial charge in [0, 0.05) is 45.2 Å². The minimum atomic E-state index is 0.101. The van der Waals surface area contributed by atoms with E-state index in [1.165, 1.54) is 43.4 Å². The van der Waals surface area contributed by atoms with Crippen LogP contribution in [0.1, 0.15) is 34.3 Å². The molecular weight excluding hydrogens is 350 g/mol. The molecular formula is C23H31N3O2. The predicted octanol–water partition coefficient (Wildman–Crippen LogP) is 2.98. The van der Waals surface area contributed by atoms with Crippen LogP contribution in [0.15, 0.2) is 42.7 Å².